The fourth-order valence-electron chi connectivity index (χ4n) is 2.16. The molecule has 0 aliphatic carbocycles. The van der Waals surface area contributed by atoms with Crippen LogP contribution in [-0.4, -0.2) is 56.1 Å². The van der Waals surface area contributed by atoms with E-state index in [0.29, 0.717) is 31.7 Å². The molecule has 21 heavy (non-hydrogen) atoms. The van der Waals surface area contributed by atoms with Crippen LogP contribution in [0.4, 0.5) is 14.9 Å². The highest BCUT2D eigenvalue weighted by molar-refractivity contribution is 7.88. The SMILES string of the molecule is CS(=O)(=O)N1CCCN(C(=O)Nc2ccc(F)cc2)CC1. The molecule has 0 radical (unpaired) electrons. The molecule has 1 N–H and O–H groups in total. The molecule has 6 nitrogen and oxygen atoms in total. The van der Waals surface area contributed by atoms with E-state index in [1.807, 2.05) is 0 Å². The van der Waals surface area contributed by atoms with Gasteiger partial charge in [0.2, 0.25) is 10.0 Å². The second-order valence-electron chi connectivity index (χ2n) is 4.94. The number of anilines is 1. The van der Waals surface area contributed by atoms with Crippen molar-refractivity contribution in [2.45, 2.75) is 6.42 Å². The highest BCUT2D eigenvalue weighted by Gasteiger charge is 2.23. The lowest BCUT2D eigenvalue weighted by Crippen LogP contribution is -2.39. The van der Waals surface area contributed by atoms with Gasteiger partial charge in [-0.05, 0) is 30.7 Å². The molecule has 1 aliphatic heterocycles. The molecule has 8 heteroatoms. The summed E-state index contributed by atoms with van der Waals surface area (Å²) in [5, 5.41) is 2.67. The van der Waals surface area contributed by atoms with E-state index in [4.69, 9.17) is 0 Å². The van der Waals surface area contributed by atoms with E-state index in [1.165, 1.54) is 34.8 Å². The number of nitrogens with zero attached hydrogens (tertiary/aromatic N) is 2. The Bertz CT molecular complexity index is 604. The van der Waals surface area contributed by atoms with Crippen LogP contribution in [0.3, 0.4) is 0 Å². The van der Waals surface area contributed by atoms with Crippen LogP contribution >= 0.6 is 0 Å². The molecule has 2 rings (SSSR count). The molecule has 0 spiro atoms. The van der Waals surface area contributed by atoms with Gasteiger partial charge < -0.3 is 10.2 Å². The Kier molecular flexibility index (Phi) is 4.79. The summed E-state index contributed by atoms with van der Waals surface area (Å²) in [6.07, 6.45) is 1.76. The minimum Gasteiger partial charge on any atom is -0.323 e. The Morgan fingerprint density at radius 1 is 1.14 bits per heavy atom. The highest BCUT2D eigenvalue weighted by Crippen LogP contribution is 2.11. The summed E-state index contributed by atoms with van der Waals surface area (Å²) in [6, 6.07) is 5.19. The maximum Gasteiger partial charge on any atom is 0.321 e. The molecule has 1 fully saturated rings. The third-order valence-corrected chi connectivity index (χ3v) is 4.61. The third kappa shape index (κ3) is 4.40. The summed E-state index contributed by atoms with van der Waals surface area (Å²) in [5.74, 6) is -0.369. The Morgan fingerprint density at radius 3 is 2.43 bits per heavy atom. The fraction of sp³-hybridized carbons (Fsp3) is 0.462. The minimum absolute atomic E-state index is 0.287. The zero-order valence-corrected chi connectivity index (χ0v) is 12.6. The smallest absolute Gasteiger partial charge is 0.321 e. The molecule has 1 aliphatic rings. The average molecular weight is 315 g/mol. The Balaban J connectivity index is 1.95. The van der Waals surface area contributed by atoms with Crippen molar-refractivity contribution in [1.82, 2.24) is 9.21 Å². The van der Waals surface area contributed by atoms with Gasteiger partial charge in [-0.3, -0.25) is 0 Å². The van der Waals surface area contributed by atoms with Gasteiger partial charge in [-0.2, -0.15) is 0 Å². The van der Waals surface area contributed by atoms with E-state index in [1.54, 1.807) is 4.90 Å². The first kappa shape index (κ1) is 15.7. The largest absolute Gasteiger partial charge is 0.323 e. The summed E-state index contributed by atoms with van der Waals surface area (Å²) in [4.78, 5) is 13.7. The van der Waals surface area contributed by atoms with Crippen LogP contribution < -0.4 is 5.32 Å². The van der Waals surface area contributed by atoms with Crippen molar-refractivity contribution in [3.05, 3.63) is 30.1 Å². The molecule has 1 aromatic carbocycles. The highest BCUT2D eigenvalue weighted by atomic mass is 32.2. The number of carbonyl (C=O) groups is 1. The monoisotopic (exact) mass is 315 g/mol. The molecule has 0 atom stereocenters. The van der Waals surface area contributed by atoms with Crippen molar-refractivity contribution in [3.8, 4) is 0 Å². The van der Waals surface area contributed by atoms with Gasteiger partial charge in [0.05, 0.1) is 6.26 Å². The number of halogens is 1. The lowest BCUT2D eigenvalue weighted by Gasteiger charge is -2.21. The number of nitrogens with one attached hydrogen (secondary N) is 1. The standard InChI is InChI=1S/C13H18FN3O3S/c1-21(19,20)17-8-2-7-16(9-10-17)13(18)15-12-5-3-11(14)4-6-12/h3-6H,2,7-10H2,1H3,(H,15,18). The van der Waals surface area contributed by atoms with Crippen molar-refractivity contribution in [2.24, 2.45) is 0 Å². The topological polar surface area (TPSA) is 69.7 Å². The number of benzene rings is 1. The van der Waals surface area contributed by atoms with E-state index in [9.17, 15) is 17.6 Å². The second-order valence-corrected chi connectivity index (χ2v) is 6.92. The molecule has 1 heterocycles. The first-order valence-electron chi connectivity index (χ1n) is 6.63. The zero-order chi connectivity index (χ0) is 15.5. The van der Waals surface area contributed by atoms with Gasteiger partial charge in [0, 0.05) is 31.9 Å². The molecule has 0 bridgehead atoms. The van der Waals surface area contributed by atoms with Crippen LogP contribution in [-0.2, 0) is 10.0 Å². The van der Waals surface area contributed by atoms with Gasteiger partial charge in [0.15, 0.2) is 0 Å². The fourth-order valence-corrected chi connectivity index (χ4v) is 3.04. The normalized spacial score (nSPS) is 17.3. The molecule has 116 valence electrons. The van der Waals surface area contributed by atoms with Crippen LogP contribution in [0.1, 0.15) is 6.42 Å². The molecular weight excluding hydrogens is 297 g/mol. The molecule has 1 saturated heterocycles. The van der Waals surface area contributed by atoms with Crippen LogP contribution in [0.15, 0.2) is 24.3 Å². The molecule has 2 amide bonds. The maximum absolute atomic E-state index is 12.8. The minimum atomic E-state index is -3.23. The van der Waals surface area contributed by atoms with E-state index in [0.717, 1.165) is 0 Å². The summed E-state index contributed by atoms with van der Waals surface area (Å²) in [7, 11) is -3.23. The van der Waals surface area contributed by atoms with Crippen molar-refractivity contribution in [3.63, 3.8) is 0 Å². The van der Waals surface area contributed by atoms with Crippen molar-refractivity contribution in [1.29, 1.82) is 0 Å². The van der Waals surface area contributed by atoms with E-state index >= 15 is 0 Å². The average Bonchev–Trinajstić information content (AvgIpc) is 2.67. The van der Waals surface area contributed by atoms with Gasteiger partial charge in [-0.25, -0.2) is 21.9 Å². The molecule has 1 aromatic rings. The predicted molar refractivity (Wildman–Crippen MR) is 78.0 cm³/mol. The number of urea groups is 1. The van der Waals surface area contributed by atoms with Gasteiger partial charge in [-0.1, -0.05) is 0 Å². The number of amides is 2. The summed E-state index contributed by atoms with van der Waals surface area (Å²) in [6.45, 7) is 1.52. The summed E-state index contributed by atoms with van der Waals surface area (Å²) in [5.41, 5.74) is 0.505. The van der Waals surface area contributed by atoms with E-state index in [2.05, 4.69) is 5.32 Å². The van der Waals surface area contributed by atoms with Crippen LogP contribution in [0, 0.1) is 5.82 Å². The van der Waals surface area contributed by atoms with Crippen molar-refractivity contribution < 1.29 is 17.6 Å². The number of carbonyl (C=O) groups excluding carboxylic acids is 1. The summed E-state index contributed by atoms with van der Waals surface area (Å²) >= 11 is 0. The number of hydrogen-bond acceptors (Lipinski definition) is 3. The maximum atomic E-state index is 12.8. The van der Waals surface area contributed by atoms with E-state index in [-0.39, 0.29) is 18.4 Å². The van der Waals surface area contributed by atoms with Crippen molar-refractivity contribution >= 4 is 21.7 Å². The third-order valence-electron chi connectivity index (χ3n) is 3.31. The number of hydrogen-bond donors (Lipinski definition) is 1. The van der Waals surface area contributed by atoms with Crippen LogP contribution in [0.2, 0.25) is 0 Å². The van der Waals surface area contributed by atoms with E-state index < -0.39 is 10.0 Å². The van der Waals surface area contributed by atoms with Gasteiger partial charge in [0.1, 0.15) is 5.82 Å². The second kappa shape index (κ2) is 6.40. The van der Waals surface area contributed by atoms with Crippen molar-refractivity contribution in [2.75, 3.05) is 37.8 Å². The lowest BCUT2D eigenvalue weighted by molar-refractivity contribution is 0.214. The van der Waals surface area contributed by atoms with Gasteiger partial charge in [0.25, 0.3) is 0 Å². The van der Waals surface area contributed by atoms with Gasteiger partial charge in [-0.15, -0.1) is 0 Å². The molecule has 0 unspecified atom stereocenters. The first-order valence-corrected chi connectivity index (χ1v) is 8.48. The van der Waals surface area contributed by atoms with Crippen LogP contribution in [0.5, 0.6) is 0 Å². The lowest BCUT2D eigenvalue weighted by atomic mass is 10.3. The zero-order valence-electron chi connectivity index (χ0n) is 11.8. The Labute approximate surface area is 123 Å². The Hall–Kier alpha value is -1.67. The summed E-state index contributed by atoms with van der Waals surface area (Å²) < 4.78 is 37.2. The number of sulfonamides is 1. The quantitative estimate of drug-likeness (QED) is 0.895. The number of rotatable bonds is 2. The Morgan fingerprint density at radius 2 is 1.81 bits per heavy atom. The van der Waals surface area contributed by atoms with Crippen LogP contribution in [0.25, 0.3) is 0 Å². The van der Waals surface area contributed by atoms with Gasteiger partial charge >= 0.3 is 6.03 Å². The molecule has 0 aromatic heterocycles. The first-order chi connectivity index (χ1) is 9.86. The predicted octanol–water partition coefficient (Wildman–Crippen LogP) is 1.32. The molecular formula is C13H18FN3O3S. The molecule has 0 saturated carbocycles.